The molecule has 0 radical (unpaired) electrons. The van der Waals surface area contributed by atoms with E-state index in [4.69, 9.17) is 0 Å². The minimum atomic E-state index is -0.229. The third-order valence-electron chi connectivity index (χ3n) is 4.17. The largest absolute Gasteiger partial charge is 0.324 e. The third-order valence-corrected chi connectivity index (χ3v) is 4.17. The molecule has 3 rings (SSSR count). The summed E-state index contributed by atoms with van der Waals surface area (Å²) in [7, 11) is 0. The minimum Gasteiger partial charge on any atom is -0.324 e. The van der Waals surface area contributed by atoms with Crippen molar-refractivity contribution >= 4 is 23.2 Å². The summed E-state index contributed by atoms with van der Waals surface area (Å²) in [6.07, 6.45) is 3.98. The van der Waals surface area contributed by atoms with Gasteiger partial charge in [-0.05, 0) is 49.1 Å². The lowest BCUT2D eigenvalue weighted by atomic mass is 10.1. The number of nitrogens with one attached hydrogen (secondary N) is 2. The predicted octanol–water partition coefficient (Wildman–Crippen LogP) is 4.65. The van der Waals surface area contributed by atoms with Crippen molar-refractivity contribution in [1.82, 2.24) is 9.97 Å². The van der Waals surface area contributed by atoms with Crippen molar-refractivity contribution in [3.05, 3.63) is 77.1 Å². The molecule has 0 aliphatic heterocycles. The van der Waals surface area contributed by atoms with Crippen molar-refractivity contribution in [2.75, 3.05) is 10.6 Å². The van der Waals surface area contributed by atoms with Crippen LogP contribution >= 0.6 is 0 Å². The van der Waals surface area contributed by atoms with Gasteiger partial charge in [0.2, 0.25) is 5.95 Å². The Labute approximate surface area is 153 Å². The number of hydrogen-bond acceptors (Lipinski definition) is 4. The predicted molar refractivity (Wildman–Crippen MR) is 105 cm³/mol. The zero-order valence-electron chi connectivity index (χ0n) is 15.2. The van der Waals surface area contributed by atoms with Gasteiger partial charge >= 0.3 is 0 Å². The number of carbonyl (C=O) groups is 1. The van der Waals surface area contributed by atoms with E-state index in [2.05, 4.69) is 33.6 Å². The molecule has 2 aromatic carbocycles. The van der Waals surface area contributed by atoms with Crippen LogP contribution in [0.15, 0.2) is 54.9 Å². The van der Waals surface area contributed by atoms with E-state index in [1.165, 1.54) is 18.0 Å². The number of hydrogen-bond donors (Lipinski definition) is 2. The number of aryl methyl sites for hydroxylation is 3. The van der Waals surface area contributed by atoms with Gasteiger partial charge in [-0.15, -0.1) is 0 Å². The fourth-order valence-electron chi connectivity index (χ4n) is 2.75. The molecule has 0 unspecified atom stereocenters. The molecule has 1 aromatic heterocycles. The summed E-state index contributed by atoms with van der Waals surface area (Å²) in [4.78, 5) is 20.9. The highest BCUT2D eigenvalue weighted by Crippen LogP contribution is 2.23. The molecule has 132 valence electrons. The first kappa shape index (κ1) is 17.6. The standard InChI is InChI=1S/C21H22N4O/c1-4-16-9-6-8-15(3)19(16)25-21-22-12-17(13-23-21)20(26)24-18-10-5-7-14(2)11-18/h5-13H,4H2,1-3H3,(H,24,26)(H,22,23,25). The summed E-state index contributed by atoms with van der Waals surface area (Å²) in [5.74, 6) is 0.244. The van der Waals surface area contributed by atoms with E-state index < -0.39 is 0 Å². The molecule has 1 heterocycles. The molecule has 0 atom stereocenters. The summed E-state index contributed by atoms with van der Waals surface area (Å²) in [5.41, 5.74) is 5.61. The Balaban J connectivity index is 1.73. The lowest BCUT2D eigenvalue weighted by Gasteiger charge is -2.13. The lowest BCUT2D eigenvalue weighted by molar-refractivity contribution is 0.102. The molecule has 2 N–H and O–H groups in total. The van der Waals surface area contributed by atoms with E-state index in [1.807, 2.05) is 50.2 Å². The van der Waals surface area contributed by atoms with Crippen molar-refractivity contribution in [3.8, 4) is 0 Å². The van der Waals surface area contributed by atoms with Crippen molar-refractivity contribution in [3.63, 3.8) is 0 Å². The van der Waals surface area contributed by atoms with Crippen LogP contribution in [0.25, 0.3) is 0 Å². The molecule has 5 nitrogen and oxygen atoms in total. The summed E-state index contributed by atoms with van der Waals surface area (Å²) in [5, 5.41) is 6.12. The highest BCUT2D eigenvalue weighted by atomic mass is 16.1. The summed E-state index contributed by atoms with van der Waals surface area (Å²) < 4.78 is 0. The van der Waals surface area contributed by atoms with Gasteiger partial charge in [-0.2, -0.15) is 0 Å². The summed E-state index contributed by atoms with van der Waals surface area (Å²) in [6.45, 7) is 6.14. The number of rotatable bonds is 5. The number of para-hydroxylation sites is 1. The van der Waals surface area contributed by atoms with Gasteiger partial charge in [-0.1, -0.05) is 37.3 Å². The van der Waals surface area contributed by atoms with Crippen LogP contribution in [-0.2, 0) is 6.42 Å². The Kier molecular flexibility index (Phi) is 5.27. The first-order valence-corrected chi connectivity index (χ1v) is 8.62. The Morgan fingerprint density at radius 2 is 1.77 bits per heavy atom. The Bertz CT molecular complexity index is 920. The zero-order valence-corrected chi connectivity index (χ0v) is 15.2. The van der Waals surface area contributed by atoms with Gasteiger partial charge in [-0.25, -0.2) is 9.97 Å². The van der Waals surface area contributed by atoms with Crippen LogP contribution in [0.2, 0.25) is 0 Å². The fraction of sp³-hybridized carbons (Fsp3) is 0.190. The average molecular weight is 346 g/mol. The second-order valence-corrected chi connectivity index (χ2v) is 6.21. The van der Waals surface area contributed by atoms with Crippen LogP contribution in [0.4, 0.5) is 17.3 Å². The number of aromatic nitrogens is 2. The van der Waals surface area contributed by atoms with E-state index in [0.29, 0.717) is 11.5 Å². The van der Waals surface area contributed by atoms with E-state index >= 15 is 0 Å². The zero-order chi connectivity index (χ0) is 18.5. The summed E-state index contributed by atoms with van der Waals surface area (Å²) >= 11 is 0. The van der Waals surface area contributed by atoms with E-state index in [0.717, 1.165) is 28.9 Å². The number of amides is 1. The van der Waals surface area contributed by atoms with Gasteiger partial charge in [0.05, 0.1) is 5.56 Å². The van der Waals surface area contributed by atoms with Crippen LogP contribution in [0.5, 0.6) is 0 Å². The maximum Gasteiger partial charge on any atom is 0.258 e. The molecule has 0 fully saturated rings. The minimum absolute atomic E-state index is 0.229. The van der Waals surface area contributed by atoms with E-state index in [1.54, 1.807) is 0 Å². The first-order valence-electron chi connectivity index (χ1n) is 8.62. The molecule has 3 aromatic rings. The monoisotopic (exact) mass is 346 g/mol. The van der Waals surface area contributed by atoms with Gasteiger partial charge in [0, 0.05) is 23.8 Å². The van der Waals surface area contributed by atoms with Crippen molar-refractivity contribution in [2.24, 2.45) is 0 Å². The molecule has 0 bridgehead atoms. The molecule has 26 heavy (non-hydrogen) atoms. The van der Waals surface area contributed by atoms with Gasteiger partial charge in [0.15, 0.2) is 0 Å². The third kappa shape index (κ3) is 4.06. The van der Waals surface area contributed by atoms with Gasteiger partial charge in [0.25, 0.3) is 5.91 Å². The van der Waals surface area contributed by atoms with E-state index in [9.17, 15) is 4.79 Å². The first-order chi connectivity index (χ1) is 12.6. The van der Waals surface area contributed by atoms with Gasteiger partial charge in [0.1, 0.15) is 0 Å². The molecular weight excluding hydrogens is 324 g/mol. The fourth-order valence-corrected chi connectivity index (χ4v) is 2.75. The average Bonchev–Trinajstić information content (AvgIpc) is 2.64. The molecule has 0 aliphatic carbocycles. The number of anilines is 3. The van der Waals surface area contributed by atoms with Crippen molar-refractivity contribution in [1.29, 1.82) is 0 Å². The van der Waals surface area contributed by atoms with Crippen LogP contribution in [-0.4, -0.2) is 15.9 Å². The van der Waals surface area contributed by atoms with Gasteiger partial charge in [-0.3, -0.25) is 4.79 Å². The van der Waals surface area contributed by atoms with E-state index in [-0.39, 0.29) is 5.91 Å². The Morgan fingerprint density at radius 3 is 2.46 bits per heavy atom. The number of benzene rings is 2. The molecule has 0 spiro atoms. The number of carbonyl (C=O) groups excluding carboxylic acids is 1. The summed E-state index contributed by atoms with van der Waals surface area (Å²) in [6, 6.07) is 13.8. The van der Waals surface area contributed by atoms with Gasteiger partial charge < -0.3 is 10.6 Å². The molecule has 0 saturated heterocycles. The lowest BCUT2D eigenvalue weighted by Crippen LogP contribution is -2.13. The maximum atomic E-state index is 12.3. The Morgan fingerprint density at radius 1 is 1.04 bits per heavy atom. The van der Waals surface area contributed by atoms with Crippen molar-refractivity contribution in [2.45, 2.75) is 27.2 Å². The topological polar surface area (TPSA) is 66.9 Å². The van der Waals surface area contributed by atoms with Crippen LogP contribution < -0.4 is 10.6 Å². The highest BCUT2D eigenvalue weighted by Gasteiger charge is 2.10. The highest BCUT2D eigenvalue weighted by molar-refractivity contribution is 6.03. The van der Waals surface area contributed by atoms with Crippen LogP contribution in [0.1, 0.15) is 34.0 Å². The maximum absolute atomic E-state index is 12.3. The second-order valence-electron chi connectivity index (χ2n) is 6.21. The smallest absolute Gasteiger partial charge is 0.258 e. The molecule has 5 heteroatoms. The van der Waals surface area contributed by atoms with Crippen molar-refractivity contribution < 1.29 is 4.79 Å². The number of nitrogens with zero attached hydrogens (tertiary/aromatic N) is 2. The molecule has 0 aliphatic rings. The molecular formula is C21H22N4O. The molecule has 1 amide bonds. The van der Waals surface area contributed by atoms with Crippen LogP contribution in [0.3, 0.4) is 0 Å². The SMILES string of the molecule is CCc1cccc(C)c1Nc1ncc(C(=O)Nc2cccc(C)c2)cn1. The quantitative estimate of drug-likeness (QED) is 0.705. The normalized spacial score (nSPS) is 10.4. The second kappa shape index (κ2) is 7.78. The Hall–Kier alpha value is -3.21. The molecule has 0 saturated carbocycles. The van der Waals surface area contributed by atoms with Crippen LogP contribution in [0, 0.1) is 13.8 Å².